The highest BCUT2D eigenvalue weighted by atomic mass is 16.6. The summed E-state index contributed by atoms with van der Waals surface area (Å²) in [5.74, 6) is 0.0266. The van der Waals surface area contributed by atoms with Crippen LogP contribution in [0.4, 0.5) is 16.3 Å². The van der Waals surface area contributed by atoms with Crippen molar-refractivity contribution >= 4 is 35.3 Å². The van der Waals surface area contributed by atoms with Crippen LogP contribution in [0.2, 0.25) is 0 Å². The van der Waals surface area contributed by atoms with Gasteiger partial charge in [-0.05, 0) is 117 Å². The van der Waals surface area contributed by atoms with E-state index in [2.05, 4.69) is 52.0 Å². The van der Waals surface area contributed by atoms with E-state index >= 15 is 0 Å². The molecule has 4 amide bonds. The van der Waals surface area contributed by atoms with Crippen LogP contribution in [0.5, 0.6) is 0 Å². The fraction of sp³-hybridized carbons (Fsp3) is 0.375. The number of rotatable bonds is 12. The fourth-order valence-corrected chi connectivity index (χ4v) is 6.59. The van der Waals surface area contributed by atoms with Gasteiger partial charge < -0.3 is 26.0 Å². The topological polar surface area (TPSA) is 211 Å². The van der Waals surface area contributed by atoms with Crippen molar-refractivity contribution in [3.05, 3.63) is 89.9 Å². The molecule has 0 saturated heterocycles. The van der Waals surface area contributed by atoms with E-state index in [0.717, 1.165) is 40.7 Å². The van der Waals surface area contributed by atoms with Crippen LogP contribution in [0.1, 0.15) is 68.1 Å². The normalized spacial score (nSPS) is 16.0. The number of aryl methyl sites for hydroxylation is 2. The number of pyridine rings is 1. The van der Waals surface area contributed by atoms with Crippen LogP contribution in [0.15, 0.2) is 73.1 Å². The first-order chi connectivity index (χ1) is 26.8. The van der Waals surface area contributed by atoms with E-state index in [-0.39, 0.29) is 41.7 Å². The second kappa shape index (κ2) is 17.3. The lowest BCUT2D eigenvalue weighted by Crippen LogP contribution is -2.48. The largest absolute Gasteiger partial charge is 0.444 e. The van der Waals surface area contributed by atoms with Gasteiger partial charge in [-0.1, -0.05) is 24.3 Å². The minimum absolute atomic E-state index is 0.178. The second-order valence-electron chi connectivity index (χ2n) is 15.1. The van der Waals surface area contributed by atoms with E-state index in [1.807, 2.05) is 52.0 Å². The van der Waals surface area contributed by atoms with E-state index in [1.165, 1.54) is 0 Å². The number of anilines is 2. The van der Waals surface area contributed by atoms with Gasteiger partial charge in [-0.2, -0.15) is 5.10 Å². The summed E-state index contributed by atoms with van der Waals surface area (Å²) in [6.07, 6.45) is 6.03. The van der Waals surface area contributed by atoms with Crippen LogP contribution in [0.3, 0.4) is 0 Å². The SMILES string of the molecule is Cc1cc(C(=O)Nc2ccn(C)n2)ncc1-c1ccc(C[C@H](NC(=O)[C@H]2CC[C@H](CNC(=O)OC(C)(C)C)CC2)C(=O)Nc2ccc(-c3nnn[nH]3)cc2)cc1. The van der Waals surface area contributed by atoms with E-state index in [4.69, 9.17) is 4.74 Å². The van der Waals surface area contributed by atoms with Crippen molar-refractivity contribution in [2.45, 2.75) is 71.4 Å². The highest BCUT2D eigenvalue weighted by Crippen LogP contribution is 2.29. The van der Waals surface area contributed by atoms with Gasteiger partial charge in [0, 0.05) is 61.2 Å². The number of carbonyl (C=O) groups excluding carboxylic acids is 4. The van der Waals surface area contributed by atoms with Crippen molar-refractivity contribution in [2.75, 3.05) is 17.2 Å². The van der Waals surface area contributed by atoms with Gasteiger partial charge in [0.25, 0.3) is 5.91 Å². The van der Waals surface area contributed by atoms with Crippen molar-refractivity contribution in [1.82, 2.24) is 46.0 Å². The third-order valence-electron chi connectivity index (χ3n) is 9.56. The molecule has 56 heavy (non-hydrogen) atoms. The molecule has 1 fully saturated rings. The average Bonchev–Trinajstić information content (AvgIpc) is 3.86. The maximum Gasteiger partial charge on any atom is 0.407 e. The molecule has 6 rings (SSSR count). The van der Waals surface area contributed by atoms with Crippen molar-refractivity contribution < 1.29 is 23.9 Å². The molecule has 3 heterocycles. The molecule has 1 atom stereocenters. The number of nitrogens with zero attached hydrogens (tertiary/aromatic N) is 6. The molecule has 3 aromatic heterocycles. The zero-order valence-electron chi connectivity index (χ0n) is 32.1. The smallest absolute Gasteiger partial charge is 0.407 e. The zero-order valence-corrected chi connectivity index (χ0v) is 32.1. The molecule has 0 bridgehead atoms. The van der Waals surface area contributed by atoms with E-state index in [9.17, 15) is 19.2 Å². The lowest BCUT2D eigenvalue weighted by molar-refractivity contribution is -0.130. The maximum absolute atomic E-state index is 13.8. The number of nitrogens with one attached hydrogen (secondary N) is 5. The minimum atomic E-state index is -0.863. The number of tetrazole rings is 1. The van der Waals surface area contributed by atoms with Gasteiger partial charge in [0.05, 0.1) is 0 Å². The van der Waals surface area contributed by atoms with E-state index in [1.54, 1.807) is 60.5 Å². The van der Waals surface area contributed by atoms with Gasteiger partial charge in [0.1, 0.15) is 17.3 Å². The first-order valence-corrected chi connectivity index (χ1v) is 18.6. The molecule has 0 spiro atoms. The molecular formula is C40H47N11O5. The highest BCUT2D eigenvalue weighted by Gasteiger charge is 2.30. The number of ether oxygens (including phenoxy) is 1. The Balaban J connectivity index is 1.11. The van der Waals surface area contributed by atoms with Crippen molar-refractivity contribution in [3.63, 3.8) is 0 Å². The number of H-pyrrole nitrogens is 1. The van der Waals surface area contributed by atoms with Crippen LogP contribution in [0.25, 0.3) is 22.5 Å². The maximum atomic E-state index is 13.8. The molecule has 16 heteroatoms. The summed E-state index contributed by atoms with van der Waals surface area (Å²) >= 11 is 0. The van der Waals surface area contributed by atoms with E-state index in [0.29, 0.717) is 36.7 Å². The molecule has 1 saturated carbocycles. The predicted octanol–water partition coefficient (Wildman–Crippen LogP) is 5.22. The first-order valence-electron chi connectivity index (χ1n) is 18.6. The van der Waals surface area contributed by atoms with Crippen molar-refractivity contribution in [2.24, 2.45) is 18.9 Å². The number of alkyl carbamates (subject to hydrolysis) is 1. The van der Waals surface area contributed by atoms with Gasteiger partial charge in [-0.15, -0.1) is 5.10 Å². The Hall–Kier alpha value is -6.45. The van der Waals surface area contributed by atoms with Gasteiger partial charge in [-0.3, -0.25) is 24.0 Å². The molecule has 5 N–H and O–H groups in total. The Morgan fingerprint density at radius 3 is 2.29 bits per heavy atom. The number of aromatic nitrogens is 7. The van der Waals surface area contributed by atoms with Crippen LogP contribution in [0, 0.1) is 18.8 Å². The van der Waals surface area contributed by atoms with Crippen LogP contribution >= 0.6 is 0 Å². The van der Waals surface area contributed by atoms with Crippen LogP contribution < -0.4 is 21.3 Å². The second-order valence-corrected chi connectivity index (χ2v) is 15.1. The number of hydrogen-bond acceptors (Lipinski definition) is 10. The molecule has 292 valence electrons. The summed E-state index contributed by atoms with van der Waals surface area (Å²) in [7, 11) is 1.77. The molecule has 2 aromatic carbocycles. The van der Waals surface area contributed by atoms with Gasteiger partial charge in [0.2, 0.25) is 11.8 Å². The van der Waals surface area contributed by atoms with Crippen molar-refractivity contribution in [3.8, 4) is 22.5 Å². The molecular weight excluding hydrogens is 715 g/mol. The molecule has 0 aliphatic heterocycles. The Labute approximate surface area is 324 Å². The summed E-state index contributed by atoms with van der Waals surface area (Å²) in [6.45, 7) is 7.86. The number of amides is 4. The molecule has 5 aromatic rings. The molecule has 0 radical (unpaired) electrons. The third kappa shape index (κ3) is 10.6. The summed E-state index contributed by atoms with van der Waals surface area (Å²) in [5.41, 5.74) is 4.46. The Morgan fingerprint density at radius 2 is 1.66 bits per heavy atom. The Morgan fingerprint density at radius 1 is 0.946 bits per heavy atom. The lowest BCUT2D eigenvalue weighted by Gasteiger charge is -2.29. The number of carbonyl (C=O) groups is 4. The standard InChI is InChI=1S/C40H47N11O5/c1-24-20-32(37(53)45-34-18-19-51(5)48-34)41-23-31(24)27-10-6-25(7-11-27)21-33(38(54)43-30-16-14-28(15-17-30)35-46-49-50-47-35)44-36(52)29-12-8-26(9-13-29)22-42-39(55)56-40(2,3)4/h6-7,10-11,14-20,23,26,29,33H,8-9,12-13,21-22H2,1-5H3,(H,42,55)(H,43,54)(H,44,52)(H,45,48,53)(H,46,47,49,50)/t26-,29-,33-/m0/s1. The first kappa shape index (κ1) is 39.2. The molecule has 0 unspecified atom stereocenters. The predicted molar refractivity (Wildman–Crippen MR) is 209 cm³/mol. The zero-order chi connectivity index (χ0) is 39.8. The Bertz CT molecular complexity index is 2130. The number of aromatic amines is 1. The number of hydrogen-bond donors (Lipinski definition) is 5. The fourth-order valence-electron chi connectivity index (χ4n) is 6.59. The van der Waals surface area contributed by atoms with Gasteiger partial charge in [0.15, 0.2) is 11.6 Å². The average molecular weight is 762 g/mol. The quantitative estimate of drug-likeness (QED) is 0.112. The van der Waals surface area contributed by atoms with Gasteiger partial charge in [-0.25, -0.2) is 9.89 Å². The monoisotopic (exact) mass is 761 g/mol. The summed E-state index contributed by atoms with van der Waals surface area (Å²) in [4.78, 5) is 56.8. The minimum Gasteiger partial charge on any atom is -0.444 e. The summed E-state index contributed by atoms with van der Waals surface area (Å²) in [5, 5.41) is 29.6. The summed E-state index contributed by atoms with van der Waals surface area (Å²) < 4.78 is 6.95. The van der Waals surface area contributed by atoms with Crippen molar-refractivity contribution in [1.29, 1.82) is 0 Å². The molecule has 1 aliphatic rings. The van der Waals surface area contributed by atoms with Crippen LogP contribution in [-0.2, 0) is 27.8 Å². The summed E-state index contributed by atoms with van der Waals surface area (Å²) in [6, 6.07) is 17.4. The lowest BCUT2D eigenvalue weighted by atomic mass is 9.81. The van der Waals surface area contributed by atoms with Gasteiger partial charge >= 0.3 is 6.09 Å². The molecule has 1 aliphatic carbocycles. The van der Waals surface area contributed by atoms with Crippen LogP contribution in [-0.4, -0.2) is 77.4 Å². The number of benzene rings is 2. The highest BCUT2D eigenvalue weighted by molar-refractivity contribution is 6.02. The molecule has 16 nitrogen and oxygen atoms in total. The third-order valence-corrected chi connectivity index (χ3v) is 9.56. The Kier molecular flexibility index (Phi) is 12.2. The van der Waals surface area contributed by atoms with E-state index < -0.39 is 17.7 Å².